The highest BCUT2D eigenvalue weighted by Gasteiger charge is 2.53. The maximum absolute atomic E-state index is 14.4. The van der Waals surface area contributed by atoms with E-state index in [-0.39, 0.29) is 36.2 Å². The zero-order chi connectivity index (χ0) is 35.2. The van der Waals surface area contributed by atoms with Crippen LogP contribution in [0.4, 0.5) is 13.2 Å². The molecule has 2 amide bonds. The minimum atomic E-state index is -2.21. The van der Waals surface area contributed by atoms with E-state index in [1.54, 1.807) is 9.47 Å². The number of carbonyl (C=O) groups is 2. The maximum atomic E-state index is 14.4. The van der Waals surface area contributed by atoms with Gasteiger partial charge in [0.25, 0.3) is 11.8 Å². The molecule has 2 bridgehead atoms. The van der Waals surface area contributed by atoms with Crippen molar-refractivity contribution in [2.45, 2.75) is 96.2 Å². The predicted octanol–water partition coefficient (Wildman–Crippen LogP) is 5.87. The van der Waals surface area contributed by atoms with E-state index in [2.05, 4.69) is 44.3 Å². The minimum absolute atomic E-state index is 0.0342. The van der Waals surface area contributed by atoms with Crippen molar-refractivity contribution >= 4 is 25.8 Å². The van der Waals surface area contributed by atoms with Gasteiger partial charge in [-0.2, -0.15) is 0 Å². The molecule has 5 rings (SSSR count). The second-order valence-electron chi connectivity index (χ2n) is 14.2. The van der Waals surface area contributed by atoms with Crippen molar-refractivity contribution in [3.05, 3.63) is 75.0 Å². The van der Waals surface area contributed by atoms with E-state index in [4.69, 9.17) is 14.0 Å². The second-order valence-corrected chi connectivity index (χ2v) is 19.0. The highest BCUT2D eigenvalue weighted by molar-refractivity contribution is 6.74. The van der Waals surface area contributed by atoms with Crippen LogP contribution in [-0.2, 0) is 15.8 Å². The Morgan fingerprint density at radius 1 is 1.19 bits per heavy atom. The third kappa shape index (κ3) is 6.56. The quantitative estimate of drug-likeness (QED) is 0.190. The van der Waals surface area contributed by atoms with Gasteiger partial charge in [-0.05, 0) is 37.6 Å². The molecule has 0 aliphatic carbocycles. The molecule has 0 radical (unpaired) electrons. The van der Waals surface area contributed by atoms with E-state index in [1.165, 1.54) is 6.20 Å². The molecular weight excluding hydrogens is 645 g/mol. The number of oxime groups is 1. The second kappa shape index (κ2) is 13.2. The number of aromatic nitrogens is 1. The number of nitrogens with one attached hydrogen (secondary N) is 1. The van der Waals surface area contributed by atoms with Gasteiger partial charge in [-0.25, -0.2) is 13.2 Å². The number of fused-ring (bicyclic) bond motifs is 5. The lowest BCUT2D eigenvalue weighted by molar-refractivity contribution is -0.0330. The topological polar surface area (TPSA) is 111 Å². The lowest BCUT2D eigenvalue weighted by atomic mass is 9.87. The summed E-state index contributed by atoms with van der Waals surface area (Å²) >= 11 is 0. The largest absolute Gasteiger partial charge is 0.487 e. The standard InChI is InChI=1S/C34H43F3N4O6Si/c1-8-9-12-45-30-28-32(44)40-18-27(34(15-20(2)39-47-34)11-10-22(40)19-46-48(6,7)33(3,4)5)41(28)17-24(29(30)42)31(43)38-16-23-25(36)13-21(35)14-26(23)37/h10-11,13-14,17,22,27H,8-9,12,15-16,18-19H2,1-7H3,(H,38,43)/t22-,27-,34+/m1/s1. The number of benzene rings is 1. The van der Waals surface area contributed by atoms with Crippen LogP contribution in [0.3, 0.4) is 0 Å². The number of carbonyl (C=O) groups excluding carboxylic acids is 2. The minimum Gasteiger partial charge on any atom is -0.487 e. The van der Waals surface area contributed by atoms with Gasteiger partial charge in [0, 0.05) is 43.4 Å². The third-order valence-corrected chi connectivity index (χ3v) is 14.3. The fraction of sp³-hybridized carbons (Fsp3) is 0.529. The fourth-order valence-electron chi connectivity index (χ4n) is 5.89. The number of rotatable bonds is 10. The summed E-state index contributed by atoms with van der Waals surface area (Å²) in [7, 11) is -2.21. The monoisotopic (exact) mass is 688 g/mol. The molecule has 4 heterocycles. The van der Waals surface area contributed by atoms with Crippen LogP contribution in [0, 0.1) is 17.5 Å². The van der Waals surface area contributed by atoms with Crippen LogP contribution in [0.5, 0.6) is 5.75 Å². The summed E-state index contributed by atoms with van der Waals surface area (Å²) < 4.78 is 56.2. The number of unbranched alkanes of at least 4 members (excludes halogenated alkanes) is 1. The normalized spacial score (nSPS) is 21.9. The van der Waals surface area contributed by atoms with Gasteiger partial charge in [0.1, 0.15) is 23.0 Å². The van der Waals surface area contributed by atoms with Gasteiger partial charge < -0.3 is 28.8 Å². The lowest BCUT2D eigenvalue weighted by Crippen LogP contribution is -2.55. The van der Waals surface area contributed by atoms with Crippen LogP contribution >= 0.6 is 0 Å². The summed E-state index contributed by atoms with van der Waals surface area (Å²) in [4.78, 5) is 49.6. The molecule has 0 unspecified atom stereocenters. The highest BCUT2D eigenvalue weighted by atomic mass is 28.4. The Labute approximate surface area is 279 Å². The zero-order valence-electron chi connectivity index (χ0n) is 28.4. The summed E-state index contributed by atoms with van der Waals surface area (Å²) in [5.41, 5.74) is -2.19. The number of halogens is 3. The molecule has 260 valence electrons. The van der Waals surface area contributed by atoms with E-state index in [1.807, 2.05) is 26.0 Å². The maximum Gasteiger partial charge on any atom is 0.275 e. The molecule has 2 aromatic rings. The molecule has 14 heteroatoms. The Kier molecular flexibility index (Phi) is 9.72. The average molecular weight is 689 g/mol. The van der Waals surface area contributed by atoms with Crippen molar-refractivity contribution in [1.82, 2.24) is 14.8 Å². The Balaban J connectivity index is 1.59. The molecular formula is C34H43F3N4O6Si. The van der Waals surface area contributed by atoms with Crippen LogP contribution in [0.2, 0.25) is 18.1 Å². The molecule has 3 aliphatic rings. The third-order valence-electron chi connectivity index (χ3n) is 9.77. The Morgan fingerprint density at radius 3 is 2.48 bits per heavy atom. The molecule has 3 aliphatic heterocycles. The van der Waals surface area contributed by atoms with Crippen LogP contribution in [0.1, 0.15) is 86.3 Å². The van der Waals surface area contributed by atoms with Crippen LogP contribution < -0.4 is 15.5 Å². The molecule has 3 atom stereocenters. The van der Waals surface area contributed by atoms with Crippen molar-refractivity contribution in [2.24, 2.45) is 5.16 Å². The summed E-state index contributed by atoms with van der Waals surface area (Å²) in [5, 5.41) is 6.54. The zero-order valence-corrected chi connectivity index (χ0v) is 29.4. The van der Waals surface area contributed by atoms with E-state index < -0.39 is 78.4 Å². The van der Waals surface area contributed by atoms with Crippen molar-refractivity contribution in [3.63, 3.8) is 0 Å². The number of hydrogen-bond acceptors (Lipinski definition) is 7. The van der Waals surface area contributed by atoms with Crippen molar-refractivity contribution in [3.8, 4) is 5.75 Å². The SMILES string of the molecule is CCCCOc1c2n(cc(C(=O)NCc3c(F)cc(F)cc3F)c1=O)[C@@H]1CN(C2=O)[C@@H](CO[Si](C)(C)C(C)(C)C)C=C[C@]12CC(C)=NO2. The van der Waals surface area contributed by atoms with Crippen LogP contribution in [0.15, 0.2) is 40.4 Å². The Hall–Kier alpha value is -3.91. The summed E-state index contributed by atoms with van der Waals surface area (Å²) in [6.45, 7) is 14.3. The Bertz CT molecular complexity index is 1710. The fourth-order valence-corrected chi connectivity index (χ4v) is 6.91. The number of amides is 2. The van der Waals surface area contributed by atoms with Crippen molar-refractivity contribution in [1.29, 1.82) is 0 Å². The summed E-state index contributed by atoms with van der Waals surface area (Å²) in [6.07, 6.45) is 6.75. The van der Waals surface area contributed by atoms with E-state index in [9.17, 15) is 27.6 Å². The van der Waals surface area contributed by atoms with Gasteiger partial charge in [0.15, 0.2) is 25.4 Å². The average Bonchev–Trinajstić information content (AvgIpc) is 3.31. The molecule has 48 heavy (non-hydrogen) atoms. The van der Waals surface area contributed by atoms with Crippen LogP contribution in [-0.4, -0.2) is 66.7 Å². The lowest BCUT2D eigenvalue weighted by Gasteiger charge is -2.43. The first-order valence-electron chi connectivity index (χ1n) is 16.2. The first-order chi connectivity index (χ1) is 22.5. The number of hydrogen-bond donors (Lipinski definition) is 1. The number of pyridine rings is 1. The Morgan fingerprint density at radius 2 is 1.88 bits per heavy atom. The molecule has 1 aromatic heterocycles. The van der Waals surface area contributed by atoms with Crippen molar-refractivity contribution in [2.75, 3.05) is 19.8 Å². The first-order valence-corrected chi connectivity index (χ1v) is 19.1. The smallest absolute Gasteiger partial charge is 0.275 e. The molecule has 1 aromatic carbocycles. The van der Waals surface area contributed by atoms with Gasteiger partial charge in [0.2, 0.25) is 5.43 Å². The summed E-state index contributed by atoms with van der Waals surface area (Å²) in [6, 6.07) is -0.128. The van der Waals surface area contributed by atoms with Gasteiger partial charge in [-0.1, -0.05) is 45.3 Å². The van der Waals surface area contributed by atoms with Gasteiger partial charge >= 0.3 is 0 Å². The number of nitrogens with zero attached hydrogens (tertiary/aromatic N) is 3. The van der Waals surface area contributed by atoms with E-state index in [0.29, 0.717) is 25.0 Å². The van der Waals surface area contributed by atoms with E-state index >= 15 is 0 Å². The molecule has 0 saturated heterocycles. The molecule has 0 saturated carbocycles. The first kappa shape index (κ1) is 35.4. The molecule has 0 fully saturated rings. The summed E-state index contributed by atoms with van der Waals surface area (Å²) in [5.74, 6) is -5.19. The number of ether oxygens (including phenoxy) is 1. The highest BCUT2D eigenvalue weighted by Crippen LogP contribution is 2.44. The van der Waals surface area contributed by atoms with Crippen molar-refractivity contribution < 1.29 is 36.8 Å². The van der Waals surface area contributed by atoms with Gasteiger partial charge in [-0.15, -0.1) is 0 Å². The molecule has 1 spiro atoms. The van der Waals surface area contributed by atoms with Crippen LogP contribution in [0.25, 0.3) is 0 Å². The van der Waals surface area contributed by atoms with E-state index in [0.717, 1.165) is 12.1 Å². The molecule has 1 N–H and O–H groups in total. The molecule has 10 nitrogen and oxygen atoms in total. The predicted molar refractivity (Wildman–Crippen MR) is 176 cm³/mol. The van der Waals surface area contributed by atoms with Gasteiger partial charge in [-0.3, -0.25) is 14.4 Å². The van der Waals surface area contributed by atoms with Gasteiger partial charge in [0.05, 0.1) is 31.0 Å².